The van der Waals surface area contributed by atoms with Gasteiger partial charge in [-0.1, -0.05) is 60.7 Å². The number of imidazole rings is 1. The number of anilines is 1. The lowest BCUT2D eigenvalue weighted by atomic mass is 10.2. The number of aliphatic hydroxyl groups is 1. The van der Waals surface area contributed by atoms with E-state index in [0.29, 0.717) is 19.0 Å². The molecule has 0 spiro atoms. The van der Waals surface area contributed by atoms with E-state index in [1.165, 1.54) is 5.56 Å². The Balaban J connectivity index is 1.57. The fourth-order valence-electron chi connectivity index (χ4n) is 3.61. The number of rotatable bonds is 7. The first kappa shape index (κ1) is 19.0. The van der Waals surface area contributed by atoms with Crippen molar-refractivity contribution in [3.8, 4) is 5.75 Å². The molecular formula is C24H26N3O2+. The van der Waals surface area contributed by atoms with E-state index in [0.717, 1.165) is 22.3 Å². The quantitative estimate of drug-likeness (QED) is 0.478. The third kappa shape index (κ3) is 4.10. The summed E-state index contributed by atoms with van der Waals surface area (Å²) in [6, 6.07) is 26.1. The summed E-state index contributed by atoms with van der Waals surface area (Å²) in [6.07, 6.45) is -0.683. The van der Waals surface area contributed by atoms with E-state index in [4.69, 9.17) is 10.5 Å². The van der Waals surface area contributed by atoms with Crippen molar-refractivity contribution in [2.45, 2.75) is 26.1 Å². The molecule has 5 nitrogen and oxygen atoms in total. The lowest BCUT2D eigenvalue weighted by Crippen LogP contribution is -2.37. The van der Waals surface area contributed by atoms with Gasteiger partial charge in [-0.3, -0.25) is 5.73 Å². The van der Waals surface area contributed by atoms with Crippen molar-refractivity contribution in [3.05, 3.63) is 90.0 Å². The van der Waals surface area contributed by atoms with Gasteiger partial charge in [0.15, 0.2) is 0 Å². The topological polar surface area (TPSA) is 64.3 Å². The summed E-state index contributed by atoms with van der Waals surface area (Å²) >= 11 is 0. The predicted molar refractivity (Wildman–Crippen MR) is 115 cm³/mol. The van der Waals surface area contributed by atoms with Crippen molar-refractivity contribution in [2.75, 3.05) is 12.3 Å². The van der Waals surface area contributed by atoms with Crippen LogP contribution in [0.4, 0.5) is 5.95 Å². The molecule has 3 aromatic carbocycles. The molecule has 0 saturated carbocycles. The van der Waals surface area contributed by atoms with Crippen molar-refractivity contribution >= 4 is 17.0 Å². The van der Waals surface area contributed by atoms with Crippen molar-refractivity contribution in [1.29, 1.82) is 0 Å². The van der Waals surface area contributed by atoms with E-state index in [9.17, 15) is 5.11 Å². The normalized spacial score (nSPS) is 12.2. The van der Waals surface area contributed by atoms with Gasteiger partial charge in [0.25, 0.3) is 0 Å². The van der Waals surface area contributed by atoms with E-state index < -0.39 is 6.10 Å². The molecule has 1 heterocycles. The minimum Gasteiger partial charge on any atom is -0.490 e. The molecule has 0 unspecified atom stereocenters. The van der Waals surface area contributed by atoms with Crippen LogP contribution < -0.4 is 15.0 Å². The third-order valence-electron chi connectivity index (χ3n) is 5.12. The first-order valence-corrected chi connectivity index (χ1v) is 9.80. The maximum Gasteiger partial charge on any atom is 0.356 e. The molecule has 148 valence electrons. The molecule has 1 aromatic heterocycles. The maximum atomic E-state index is 10.6. The van der Waals surface area contributed by atoms with Gasteiger partial charge in [0, 0.05) is 0 Å². The molecule has 29 heavy (non-hydrogen) atoms. The first-order valence-electron chi connectivity index (χ1n) is 9.80. The minimum atomic E-state index is -0.683. The van der Waals surface area contributed by atoms with Gasteiger partial charge in [0.1, 0.15) is 36.0 Å². The number of nitrogens with two attached hydrogens (primary N) is 1. The fourth-order valence-corrected chi connectivity index (χ4v) is 3.61. The Kier molecular flexibility index (Phi) is 5.49. The Labute approximate surface area is 170 Å². The number of fused-ring (bicyclic) bond motifs is 1. The van der Waals surface area contributed by atoms with Crippen molar-refractivity contribution in [2.24, 2.45) is 0 Å². The smallest absolute Gasteiger partial charge is 0.356 e. The van der Waals surface area contributed by atoms with Gasteiger partial charge < -0.3 is 9.84 Å². The van der Waals surface area contributed by atoms with Gasteiger partial charge in [-0.25, -0.2) is 9.13 Å². The van der Waals surface area contributed by atoms with Crippen molar-refractivity contribution < 1.29 is 14.4 Å². The number of aliphatic hydroxyl groups excluding tert-OH is 1. The van der Waals surface area contributed by atoms with Gasteiger partial charge in [-0.05, 0) is 36.2 Å². The number of nitrogen functional groups attached to an aromatic ring is 1. The highest BCUT2D eigenvalue weighted by atomic mass is 16.5. The number of para-hydroxylation sites is 3. The zero-order valence-corrected chi connectivity index (χ0v) is 16.5. The SMILES string of the molecule is Cc1ccccc1OC[C@H](O)Cn1c(N)[n+](Cc2ccccc2)c2ccccc21. The lowest BCUT2D eigenvalue weighted by Gasteiger charge is -2.13. The largest absolute Gasteiger partial charge is 0.490 e. The van der Waals surface area contributed by atoms with Crippen LogP contribution >= 0.6 is 0 Å². The van der Waals surface area contributed by atoms with E-state index in [-0.39, 0.29) is 6.61 Å². The van der Waals surface area contributed by atoms with Gasteiger partial charge in [-0.2, -0.15) is 0 Å². The molecule has 1 atom stereocenters. The second-order valence-electron chi connectivity index (χ2n) is 7.26. The summed E-state index contributed by atoms with van der Waals surface area (Å²) in [5, 5.41) is 10.6. The number of benzene rings is 3. The van der Waals surface area contributed by atoms with Gasteiger partial charge >= 0.3 is 5.95 Å². The average Bonchev–Trinajstić information content (AvgIpc) is 3.00. The molecule has 0 saturated heterocycles. The van der Waals surface area contributed by atoms with Crippen LogP contribution in [-0.4, -0.2) is 22.4 Å². The molecular weight excluding hydrogens is 362 g/mol. The van der Waals surface area contributed by atoms with E-state index >= 15 is 0 Å². The van der Waals surface area contributed by atoms with Crippen LogP contribution in [0.25, 0.3) is 11.0 Å². The Morgan fingerprint density at radius 2 is 1.66 bits per heavy atom. The number of hydrogen-bond donors (Lipinski definition) is 2. The van der Waals surface area contributed by atoms with Crippen LogP contribution in [0.5, 0.6) is 5.75 Å². The zero-order valence-electron chi connectivity index (χ0n) is 16.5. The molecule has 5 heteroatoms. The third-order valence-corrected chi connectivity index (χ3v) is 5.12. The van der Waals surface area contributed by atoms with Crippen LogP contribution in [-0.2, 0) is 13.1 Å². The molecule has 0 aliphatic carbocycles. The number of aromatic nitrogens is 2. The Hall–Kier alpha value is -3.31. The van der Waals surface area contributed by atoms with Crippen molar-refractivity contribution in [3.63, 3.8) is 0 Å². The van der Waals surface area contributed by atoms with Gasteiger partial charge in [-0.15, -0.1) is 0 Å². The van der Waals surface area contributed by atoms with Crippen molar-refractivity contribution in [1.82, 2.24) is 4.57 Å². The monoisotopic (exact) mass is 388 g/mol. The van der Waals surface area contributed by atoms with Crippen LogP contribution in [0.1, 0.15) is 11.1 Å². The minimum absolute atomic E-state index is 0.204. The van der Waals surface area contributed by atoms with Gasteiger partial charge in [0.05, 0.1) is 6.54 Å². The molecule has 3 N–H and O–H groups in total. The Morgan fingerprint density at radius 1 is 0.966 bits per heavy atom. The van der Waals surface area contributed by atoms with Crippen LogP contribution in [0.2, 0.25) is 0 Å². The fraction of sp³-hybridized carbons (Fsp3) is 0.208. The van der Waals surface area contributed by atoms with E-state index in [1.54, 1.807) is 0 Å². The summed E-state index contributed by atoms with van der Waals surface area (Å²) < 4.78 is 9.86. The summed E-state index contributed by atoms with van der Waals surface area (Å²) in [4.78, 5) is 0. The zero-order chi connectivity index (χ0) is 20.2. The Morgan fingerprint density at radius 3 is 2.45 bits per heavy atom. The first-order chi connectivity index (χ1) is 14.1. The highest BCUT2D eigenvalue weighted by molar-refractivity contribution is 5.74. The number of ether oxygens (including phenoxy) is 1. The Bertz CT molecular complexity index is 1110. The van der Waals surface area contributed by atoms with E-state index in [1.807, 2.05) is 72.2 Å². The predicted octanol–water partition coefficient (Wildman–Crippen LogP) is 3.31. The van der Waals surface area contributed by atoms with Crippen LogP contribution in [0.3, 0.4) is 0 Å². The van der Waals surface area contributed by atoms with Crippen LogP contribution in [0.15, 0.2) is 78.9 Å². The van der Waals surface area contributed by atoms with E-state index in [2.05, 4.69) is 22.8 Å². The summed E-state index contributed by atoms with van der Waals surface area (Å²) in [5.41, 5.74) is 10.8. The number of aryl methyl sites for hydroxylation is 1. The molecule has 4 aromatic rings. The molecule has 0 fully saturated rings. The highest BCUT2D eigenvalue weighted by Gasteiger charge is 2.23. The molecule has 0 aliphatic rings. The van der Waals surface area contributed by atoms with Crippen LogP contribution in [0, 0.1) is 6.92 Å². The second-order valence-corrected chi connectivity index (χ2v) is 7.26. The molecule has 0 bridgehead atoms. The summed E-state index contributed by atoms with van der Waals surface area (Å²) in [7, 11) is 0. The molecule has 0 radical (unpaired) electrons. The standard InChI is InChI=1S/C24H25N3O2/c1-18-9-5-8-14-23(18)29-17-20(28)16-27-22-13-7-6-12-21(22)26(24(27)25)15-19-10-3-2-4-11-19/h2-14,20,25,28H,15-17H2,1H3/p+1/t20-/m1/s1. The maximum absolute atomic E-state index is 10.6. The molecule has 0 amide bonds. The molecule has 4 rings (SSSR count). The summed E-state index contributed by atoms with van der Waals surface area (Å²) in [6.45, 7) is 3.23. The average molecular weight is 388 g/mol. The number of hydrogen-bond acceptors (Lipinski definition) is 3. The lowest BCUT2D eigenvalue weighted by molar-refractivity contribution is -0.648. The molecule has 0 aliphatic heterocycles. The highest BCUT2D eigenvalue weighted by Crippen LogP contribution is 2.19. The summed E-state index contributed by atoms with van der Waals surface area (Å²) in [5.74, 6) is 1.40. The second kappa shape index (κ2) is 8.37. The number of nitrogens with zero attached hydrogens (tertiary/aromatic N) is 2. The van der Waals surface area contributed by atoms with Gasteiger partial charge in [0.2, 0.25) is 0 Å².